The fourth-order valence-electron chi connectivity index (χ4n) is 0.809. The molecule has 0 heterocycles. The van der Waals surface area contributed by atoms with Gasteiger partial charge in [0.05, 0.1) is 0 Å². The second kappa shape index (κ2) is 7.25. The van der Waals surface area contributed by atoms with Gasteiger partial charge in [-0.05, 0) is 6.08 Å². The lowest BCUT2D eigenvalue weighted by Crippen LogP contribution is -2.12. The third-order valence-electron chi connectivity index (χ3n) is 1.41. The second-order valence-electron chi connectivity index (χ2n) is 2.35. The highest BCUT2D eigenvalue weighted by molar-refractivity contribution is 14.0. The quantitative estimate of drug-likeness (QED) is 0.395. The fraction of sp³-hybridized carbons (Fsp3) is 0. The molecule has 3 nitrogen and oxygen atoms in total. The summed E-state index contributed by atoms with van der Waals surface area (Å²) in [6.07, 6.45) is 3.03. The summed E-state index contributed by atoms with van der Waals surface area (Å²) in [4.78, 5) is 0. The minimum atomic E-state index is 0. The van der Waals surface area contributed by atoms with E-state index in [-0.39, 0.29) is 24.0 Å². The summed E-state index contributed by atoms with van der Waals surface area (Å²) >= 11 is 0. The summed E-state index contributed by atoms with van der Waals surface area (Å²) in [6.45, 7) is 3.47. The van der Waals surface area contributed by atoms with Crippen LogP contribution in [0.3, 0.4) is 0 Å². The molecule has 4 heteroatoms. The molecule has 1 aromatic carbocycles. The van der Waals surface area contributed by atoms with Crippen LogP contribution in [0.1, 0.15) is 5.56 Å². The number of halogens is 1. The van der Waals surface area contributed by atoms with Gasteiger partial charge in [0.1, 0.15) is 0 Å². The first kappa shape index (κ1) is 12.8. The molecule has 74 valence electrons. The molecule has 0 amide bonds. The molecule has 0 bridgehead atoms. The summed E-state index contributed by atoms with van der Waals surface area (Å²) < 4.78 is 0. The molecule has 0 spiro atoms. The summed E-state index contributed by atoms with van der Waals surface area (Å²) in [6, 6.07) is 9.47. The minimum Gasteiger partial charge on any atom is -0.382 e. The van der Waals surface area contributed by atoms with E-state index in [2.05, 4.69) is 16.8 Å². The van der Waals surface area contributed by atoms with Crippen molar-refractivity contribution < 1.29 is 0 Å². The number of benzene rings is 1. The lowest BCUT2D eigenvalue weighted by molar-refractivity contribution is 1.23. The molecular formula is C10H12IN3. The summed E-state index contributed by atoms with van der Waals surface area (Å²) in [5.41, 5.74) is 6.50. The Morgan fingerprint density at radius 2 is 1.93 bits per heavy atom. The Hall–Kier alpha value is -1.17. The standard InChI is InChI=1S/C10H11N3.HI/c1-2-8-12-13-10(11)9-6-4-3-5-7-9;/h2-8H,1H2,(H2,11,13);1H/b12-8-;. The zero-order chi connectivity index (χ0) is 9.52. The molecule has 0 atom stereocenters. The van der Waals surface area contributed by atoms with Crippen LogP contribution >= 0.6 is 24.0 Å². The molecule has 2 N–H and O–H groups in total. The van der Waals surface area contributed by atoms with Crippen LogP contribution < -0.4 is 5.73 Å². The van der Waals surface area contributed by atoms with Crippen LogP contribution in [0, 0.1) is 0 Å². The minimum absolute atomic E-state index is 0. The van der Waals surface area contributed by atoms with Crippen molar-refractivity contribution in [3.05, 3.63) is 48.6 Å². The number of hydrogen-bond acceptors (Lipinski definition) is 2. The van der Waals surface area contributed by atoms with E-state index >= 15 is 0 Å². The van der Waals surface area contributed by atoms with Crippen molar-refractivity contribution in [2.24, 2.45) is 15.9 Å². The van der Waals surface area contributed by atoms with Crippen molar-refractivity contribution >= 4 is 36.0 Å². The predicted molar refractivity (Wildman–Crippen MR) is 71.3 cm³/mol. The lowest BCUT2D eigenvalue weighted by Gasteiger charge is -1.95. The van der Waals surface area contributed by atoms with Gasteiger partial charge >= 0.3 is 0 Å². The van der Waals surface area contributed by atoms with Gasteiger partial charge in [-0.2, -0.15) is 5.10 Å². The maximum Gasteiger partial charge on any atom is 0.153 e. The summed E-state index contributed by atoms with van der Waals surface area (Å²) in [5, 5.41) is 7.46. The number of amidine groups is 1. The van der Waals surface area contributed by atoms with Gasteiger partial charge in [-0.15, -0.1) is 29.1 Å². The molecule has 0 unspecified atom stereocenters. The van der Waals surface area contributed by atoms with Crippen molar-refractivity contribution in [1.29, 1.82) is 0 Å². The van der Waals surface area contributed by atoms with E-state index in [0.717, 1.165) is 5.56 Å². The maximum absolute atomic E-state index is 5.64. The van der Waals surface area contributed by atoms with Crippen LogP contribution in [0.5, 0.6) is 0 Å². The van der Waals surface area contributed by atoms with E-state index < -0.39 is 0 Å². The van der Waals surface area contributed by atoms with Gasteiger partial charge in [0.25, 0.3) is 0 Å². The average Bonchev–Trinajstić information content (AvgIpc) is 2.19. The van der Waals surface area contributed by atoms with Gasteiger partial charge in [0, 0.05) is 11.8 Å². The van der Waals surface area contributed by atoms with Crippen molar-refractivity contribution in [3.8, 4) is 0 Å². The van der Waals surface area contributed by atoms with E-state index in [1.54, 1.807) is 6.08 Å². The Morgan fingerprint density at radius 1 is 1.29 bits per heavy atom. The average molecular weight is 301 g/mol. The number of allylic oxidation sites excluding steroid dienone is 1. The maximum atomic E-state index is 5.64. The molecule has 1 rings (SSSR count). The molecule has 0 fully saturated rings. The summed E-state index contributed by atoms with van der Waals surface area (Å²) in [5.74, 6) is 0.402. The fourth-order valence-corrected chi connectivity index (χ4v) is 0.809. The molecular weight excluding hydrogens is 289 g/mol. The van der Waals surface area contributed by atoms with Crippen LogP contribution in [-0.4, -0.2) is 12.1 Å². The highest BCUT2D eigenvalue weighted by Gasteiger charge is 1.93. The molecule has 0 aliphatic rings. The van der Waals surface area contributed by atoms with Gasteiger partial charge < -0.3 is 5.73 Å². The Balaban J connectivity index is 0.00000169. The van der Waals surface area contributed by atoms with Gasteiger partial charge in [-0.1, -0.05) is 36.9 Å². The van der Waals surface area contributed by atoms with Crippen molar-refractivity contribution in [2.45, 2.75) is 0 Å². The Kier molecular flexibility index (Phi) is 6.65. The van der Waals surface area contributed by atoms with Crippen LogP contribution in [0.25, 0.3) is 0 Å². The molecule has 14 heavy (non-hydrogen) atoms. The monoisotopic (exact) mass is 301 g/mol. The Bertz CT molecular complexity index is 330. The van der Waals surface area contributed by atoms with Crippen molar-refractivity contribution in [2.75, 3.05) is 0 Å². The van der Waals surface area contributed by atoms with E-state index in [1.165, 1.54) is 6.21 Å². The largest absolute Gasteiger partial charge is 0.382 e. The number of nitrogens with zero attached hydrogens (tertiary/aromatic N) is 2. The van der Waals surface area contributed by atoms with Crippen LogP contribution in [0.4, 0.5) is 0 Å². The molecule has 1 aromatic rings. The zero-order valence-electron chi connectivity index (χ0n) is 7.63. The second-order valence-corrected chi connectivity index (χ2v) is 2.35. The highest BCUT2D eigenvalue weighted by Crippen LogP contribution is 1.97. The smallest absolute Gasteiger partial charge is 0.153 e. The van der Waals surface area contributed by atoms with Crippen LogP contribution in [-0.2, 0) is 0 Å². The highest BCUT2D eigenvalue weighted by atomic mass is 127. The van der Waals surface area contributed by atoms with E-state index in [0.29, 0.717) is 5.84 Å². The number of nitrogens with two attached hydrogens (primary N) is 1. The van der Waals surface area contributed by atoms with Crippen LogP contribution in [0.2, 0.25) is 0 Å². The van der Waals surface area contributed by atoms with E-state index in [4.69, 9.17) is 5.73 Å². The Labute approximate surface area is 100 Å². The third-order valence-corrected chi connectivity index (χ3v) is 1.41. The van der Waals surface area contributed by atoms with Crippen molar-refractivity contribution in [3.63, 3.8) is 0 Å². The van der Waals surface area contributed by atoms with Gasteiger partial charge in [-0.3, -0.25) is 0 Å². The van der Waals surface area contributed by atoms with Gasteiger partial charge in [0.2, 0.25) is 0 Å². The molecule has 0 saturated heterocycles. The number of rotatable bonds is 3. The third kappa shape index (κ3) is 4.18. The first-order chi connectivity index (χ1) is 6.34. The molecule has 0 aliphatic carbocycles. The SMILES string of the molecule is C=C/C=N\N=C(/N)c1ccccc1.I. The molecule has 0 saturated carbocycles. The first-order valence-electron chi connectivity index (χ1n) is 3.87. The van der Waals surface area contributed by atoms with E-state index in [1.807, 2.05) is 30.3 Å². The molecule has 0 radical (unpaired) electrons. The topological polar surface area (TPSA) is 50.7 Å². The van der Waals surface area contributed by atoms with Gasteiger partial charge in [0.15, 0.2) is 5.84 Å². The molecule has 0 aromatic heterocycles. The normalized spacial score (nSPS) is 11.0. The van der Waals surface area contributed by atoms with Gasteiger partial charge in [-0.25, -0.2) is 0 Å². The first-order valence-corrected chi connectivity index (χ1v) is 3.87. The summed E-state index contributed by atoms with van der Waals surface area (Å²) in [7, 11) is 0. The lowest BCUT2D eigenvalue weighted by atomic mass is 10.2. The van der Waals surface area contributed by atoms with E-state index in [9.17, 15) is 0 Å². The predicted octanol–water partition coefficient (Wildman–Crippen LogP) is 2.18. The Morgan fingerprint density at radius 3 is 2.50 bits per heavy atom. The molecule has 0 aliphatic heterocycles. The van der Waals surface area contributed by atoms with Crippen LogP contribution in [0.15, 0.2) is 53.2 Å². The zero-order valence-corrected chi connectivity index (χ0v) is 9.96. The number of hydrogen-bond donors (Lipinski definition) is 1. The van der Waals surface area contributed by atoms with Crippen molar-refractivity contribution in [1.82, 2.24) is 0 Å².